The van der Waals surface area contributed by atoms with E-state index in [1.165, 1.54) is 122 Å². The van der Waals surface area contributed by atoms with E-state index in [2.05, 4.69) is 28.1 Å². The second-order valence-electron chi connectivity index (χ2n) is 9.02. The minimum Gasteiger partial charge on any atom is -0.870 e. The molecular weight excluding hydrogens is 306 g/mol. The Morgan fingerprint density at radius 3 is 0.880 bits per heavy atom. The number of nitrogens with zero attached hydrogens (tertiary/aromatic N) is 1. The molecule has 0 amide bonds. The van der Waals surface area contributed by atoms with Gasteiger partial charge in [-0.05, 0) is 12.8 Å². The first-order valence-electron chi connectivity index (χ1n) is 11.4. The molecule has 0 aromatic heterocycles. The molecule has 0 atom stereocenters. The molecule has 0 saturated heterocycles. The zero-order chi connectivity index (χ0) is 17.9. The van der Waals surface area contributed by atoms with Crippen molar-refractivity contribution in [2.24, 2.45) is 0 Å². The van der Waals surface area contributed by atoms with E-state index >= 15 is 0 Å². The third-order valence-corrected chi connectivity index (χ3v) is 5.18. The third kappa shape index (κ3) is 26.3. The Hall–Kier alpha value is -0.0800. The van der Waals surface area contributed by atoms with Crippen LogP contribution in [0.1, 0.15) is 122 Å². The molecular formula is C23H51NO. The Kier molecular flexibility index (Phi) is 22.0. The van der Waals surface area contributed by atoms with E-state index in [1.54, 1.807) is 0 Å². The second kappa shape index (κ2) is 20.2. The number of rotatable bonds is 19. The average molecular weight is 358 g/mol. The standard InChI is InChI=1S/C23H50N.H2O/c1-5-6-7-8-9-10-11-12-13-14-15-16-17-18-19-20-21-22-23-24(2,3)4;/h5-23H2,1-4H3;1H2/q+1;/p-1. The summed E-state index contributed by atoms with van der Waals surface area (Å²) in [6.07, 6.45) is 26.3. The Morgan fingerprint density at radius 2 is 0.640 bits per heavy atom. The van der Waals surface area contributed by atoms with Gasteiger partial charge in [0.25, 0.3) is 0 Å². The highest BCUT2D eigenvalue weighted by Crippen LogP contribution is 2.14. The molecule has 0 radical (unpaired) electrons. The summed E-state index contributed by atoms with van der Waals surface area (Å²) in [4.78, 5) is 0. The van der Waals surface area contributed by atoms with Gasteiger partial charge in [0.1, 0.15) is 0 Å². The number of hydrogen-bond acceptors (Lipinski definition) is 1. The predicted molar refractivity (Wildman–Crippen MR) is 114 cm³/mol. The van der Waals surface area contributed by atoms with Crippen LogP contribution in [0, 0.1) is 0 Å². The topological polar surface area (TPSA) is 30.0 Å². The van der Waals surface area contributed by atoms with Crippen LogP contribution in [-0.4, -0.2) is 37.6 Å². The minimum atomic E-state index is 0. The molecule has 0 fully saturated rings. The van der Waals surface area contributed by atoms with Crippen molar-refractivity contribution in [2.75, 3.05) is 27.7 Å². The van der Waals surface area contributed by atoms with Gasteiger partial charge >= 0.3 is 0 Å². The zero-order valence-electron chi connectivity index (χ0n) is 18.3. The molecule has 0 heterocycles. The zero-order valence-corrected chi connectivity index (χ0v) is 18.3. The molecule has 2 heteroatoms. The summed E-state index contributed by atoms with van der Waals surface area (Å²) in [5, 5.41) is 0. The van der Waals surface area contributed by atoms with Crippen LogP contribution in [0.15, 0.2) is 0 Å². The highest BCUT2D eigenvalue weighted by Gasteiger charge is 2.04. The van der Waals surface area contributed by atoms with Gasteiger partial charge < -0.3 is 9.96 Å². The van der Waals surface area contributed by atoms with Crippen molar-refractivity contribution in [3.8, 4) is 0 Å². The summed E-state index contributed by atoms with van der Waals surface area (Å²) in [6.45, 7) is 3.63. The summed E-state index contributed by atoms with van der Waals surface area (Å²) in [5.74, 6) is 0. The van der Waals surface area contributed by atoms with Crippen molar-refractivity contribution in [3.05, 3.63) is 0 Å². The lowest BCUT2D eigenvalue weighted by Crippen LogP contribution is -2.35. The lowest BCUT2D eigenvalue weighted by molar-refractivity contribution is -0.870. The quantitative estimate of drug-likeness (QED) is 0.173. The molecule has 0 aliphatic heterocycles. The fourth-order valence-electron chi connectivity index (χ4n) is 3.49. The van der Waals surface area contributed by atoms with E-state index in [9.17, 15) is 0 Å². The van der Waals surface area contributed by atoms with E-state index < -0.39 is 0 Å². The first kappa shape index (κ1) is 27.1. The van der Waals surface area contributed by atoms with Crippen molar-refractivity contribution in [3.63, 3.8) is 0 Å². The Morgan fingerprint density at radius 1 is 0.400 bits per heavy atom. The predicted octanol–water partition coefficient (Wildman–Crippen LogP) is 7.56. The van der Waals surface area contributed by atoms with Crippen molar-refractivity contribution in [1.29, 1.82) is 0 Å². The molecule has 0 aromatic carbocycles. The number of unbranched alkanes of at least 4 members (excludes halogenated alkanes) is 17. The third-order valence-electron chi connectivity index (χ3n) is 5.18. The van der Waals surface area contributed by atoms with E-state index in [0.717, 1.165) is 4.48 Å². The fraction of sp³-hybridized carbons (Fsp3) is 1.00. The second-order valence-corrected chi connectivity index (χ2v) is 9.02. The van der Waals surface area contributed by atoms with Crippen molar-refractivity contribution >= 4 is 0 Å². The van der Waals surface area contributed by atoms with Crippen LogP contribution in [0.2, 0.25) is 0 Å². The van der Waals surface area contributed by atoms with Crippen LogP contribution in [0.25, 0.3) is 0 Å². The largest absolute Gasteiger partial charge is 0.870 e. The van der Waals surface area contributed by atoms with Crippen molar-refractivity contribution in [1.82, 2.24) is 0 Å². The number of hydrogen-bond donors (Lipinski definition) is 0. The van der Waals surface area contributed by atoms with Crippen LogP contribution < -0.4 is 0 Å². The van der Waals surface area contributed by atoms with Crippen molar-refractivity contribution < 1.29 is 9.96 Å². The van der Waals surface area contributed by atoms with Gasteiger partial charge in [0.15, 0.2) is 0 Å². The lowest BCUT2D eigenvalue weighted by atomic mass is 10.0. The Bertz CT molecular complexity index is 235. The Labute approximate surface area is 160 Å². The van der Waals surface area contributed by atoms with Gasteiger partial charge in [-0.15, -0.1) is 0 Å². The molecule has 0 aromatic rings. The van der Waals surface area contributed by atoms with Gasteiger partial charge in [-0.2, -0.15) is 0 Å². The average Bonchev–Trinajstić information content (AvgIpc) is 2.52. The van der Waals surface area contributed by atoms with Gasteiger partial charge in [0.2, 0.25) is 0 Å². The molecule has 0 aliphatic carbocycles. The van der Waals surface area contributed by atoms with E-state index in [0.29, 0.717) is 0 Å². The van der Waals surface area contributed by atoms with E-state index in [4.69, 9.17) is 0 Å². The van der Waals surface area contributed by atoms with Crippen LogP contribution in [0.5, 0.6) is 0 Å². The van der Waals surface area contributed by atoms with Crippen LogP contribution in [-0.2, 0) is 0 Å². The summed E-state index contributed by atoms with van der Waals surface area (Å²) >= 11 is 0. The summed E-state index contributed by atoms with van der Waals surface area (Å²) < 4.78 is 1.12. The van der Waals surface area contributed by atoms with Crippen LogP contribution in [0.3, 0.4) is 0 Å². The maximum atomic E-state index is 2.30. The molecule has 0 unspecified atom stereocenters. The normalized spacial score (nSPS) is 11.5. The van der Waals surface area contributed by atoms with Gasteiger partial charge in [0.05, 0.1) is 27.7 Å². The first-order valence-corrected chi connectivity index (χ1v) is 11.4. The molecule has 0 saturated carbocycles. The van der Waals surface area contributed by atoms with Crippen LogP contribution in [0.4, 0.5) is 0 Å². The fourth-order valence-corrected chi connectivity index (χ4v) is 3.49. The maximum Gasteiger partial charge on any atom is 0.0780 e. The highest BCUT2D eigenvalue weighted by molar-refractivity contribution is 4.50. The van der Waals surface area contributed by atoms with Gasteiger partial charge in [-0.1, -0.05) is 110 Å². The van der Waals surface area contributed by atoms with Crippen molar-refractivity contribution in [2.45, 2.75) is 122 Å². The molecule has 0 aliphatic rings. The molecule has 25 heavy (non-hydrogen) atoms. The van der Waals surface area contributed by atoms with E-state index in [1.807, 2.05) is 0 Å². The highest BCUT2D eigenvalue weighted by atomic mass is 16.0. The Balaban J connectivity index is 0. The van der Waals surface area contributed by atoms with Gasteiger partial charge in [-0.25, -0.2) is 0 Å². The van der Waals surface area contributed by atoms with Gasteiger partial charge in [-0.3, -0.25) is 0 Å². The maximum absolute atomic E-state index is 2.30. The lowest BCUT2D eigenvalue weighted by Gasteiger charge is -2.23. The summed E-state index contributed by atoms with van der Waals surface area (Å²) in [7, 11) is 6.90. The molecule has 2 nitrogen and oxygen atoms in total. The first-order chi connectivity index (χ1) is 11.6. The molecule has 0 rings (SSSR count). The van der Waals surface area contributed by atoms with E-state index in [-0.39, 0.29) is 5.48 Å². The smallest absolute Gasteiger partial charge is 0.0780 e. The summed E-state index contributed by atoms with van der Waals surface area (Å²) in [5.41, 5.74) is 0. The molecule has 1 N–H and O–H groups in total. The molecule has 0 bridgehead atoms. The molecule has 154 valence electrons. The number of quaternary nitrogens is 1. The molecule has 0 spiro atoms. The monoisotopic (exact) mass is 357 g/mol. The van der Waals surface area contributed by atoms with Gasteiger partial charge in [0, 0.05) is 0 Å². The minimum absolute atomic E-state index is 0. The van der Waals surface area contributed by atoms with Crippen LogP contribution >= 0.6 is 0 Å². The summed E-state index contributed by atoms with van der Waals surface area (Å²) in [6, 6.07) is 0. The SMILES string of the molecule is CCCCCCCCCCCCCCCCCCCC[N+](C)(C)C.[OH-].